The number of benzene rings is 1. The zero-order valence-corrected chi connectivity index (χ0v) is 9.31. The summed E-state index contributed by atoms with van der Waals surface area (Å²) in [6.45, 7) is 1.56. The Morgan fingerprint density at radius 3 is 2.81 bits per heavy atom. The number of halogens is 3. The molecule has 0 bridgehead atoms. The average Bonchev–Trinajstić information content (AvgIpc) is 2.22. The minimum Gasteiger partial charge on any atom is -0.353 e. The van der Waals surface area contributed by atoms with Gasteiger partial charge in [0, 0.05) is 19.0 Å². The molecule has 0 atom stereocenters. The normalized spacial score (nSPS) is 10.8. The van der Waals surface area contributed by atoms with Crippen LogP contribution >= 0.6 is 11.6 Å². The Bertz CT molecular complexity index is 432. The fourth-order valence-electron chi connectivity index (χ4n) is 1.07. The highest BCUT2D eigenvalue weighted by Crippen LogP contribution is 2.21. The monoisotopic (exact) mass is 245 g/mol. The van der Waals surface area contributed by atoms with Gasteiger partial charge in [0.25, 0.3) is 0 Å². The van der Waals surface area contributed by atoms with Crippen LogP contribution in [0.1, 0.15) is 12.5 Å². The van der Waals surface area contributed by atoms with E-state index in [0.717, 1.165) is 12.1 Å². The van der Waals surface area contributed by atoms with Crippen LogP contribution in [0.25, 0.3) is 6.08 Å². The Morgan fingerprint density at radius 2 is 2.19 bits per heavy atom. The van der Waals surface area contributed by atoms with Gasteiger partial charge in [-0.15, -0.1) is 0 Å². The van der Waals surface area contributed by atoms with E-state index >= 15 is 0 Å². The van der Waals surface area contributed by atoms with Crippen LogP contribution in [0.4, 0.5) is 8.78 Å². The van der Waals surface area contributed by atoms with Crippen molar-refractivity contribution in [2.45, 2.75) is 6.92 Å². The molecule has 1 rings (SSSR count). The molecule has 5 heteroatoms. The van der Waals surface area contributed by atoms with Crippen LogP contribution in [-0.2, 0) is 4.79 Å². The molecule has 0 spiro atoms. The van der Waals surface area contributed by atoms with E-state index in [-0.39, 0.29) is 23.0 Å². The molecule has 1 aromatic carbocycles. The third kappa shape index (κ3) is 3.31. The van der Waals surface area contributed by atoms with Crippen LogP contribution < -0.4 is 5.32 Å². The number of amides is 1. The Kier molecular flexibility index (Phi) is 4.43. The summed E-state index contributed by atoms with van der Waals surface area (Å²) >= 11 is 5.50. The van der Waals surface area contributed by atoms with Gasteiger partial charge in [-0.3, -0.25) is 4.79 Å². The maximum absolute atomic E-state index is 13.3. The molecular formula is C11H10ClF2NO. The molecule has 0 radical (unpaired) electrons. The first-order chi connectivity index (χ1) is 7.52. The van der Waals surface area contributed by atoms with Crippen molar-refractivity contribution in [1.82, 2.24) is 5.32 Å². The van der Waals surface area contributed by atoms with Gasteiger partial charge in [0.05, 0.1) is 5.02 Å². The van der Waals surface area contributed by atoms with Crippen LogP contribution in [-0.4, -0.2) is 12.5 Å². The minimum absolute atomic E-state index is 0.138. The molecule has 16 heavy (non-hydrogen) atoms. The second kappa shape index (κ2) is 5.61. The molecule has 1 aromatic rings. The van der Waals surface area contributed by atoms with Gasteiger partial charge >= 0.3 is 0 Å². The zero-order valence-electron chi connectivity index (χ0n) is 8.56. The van der Waals surface area contributed by atoms with Gasteiger partial charge in [0.2, 0.25) is 5.91 Å². The Morgan fingerprint density at radius 1 is 1.50 bits per heavy atom. The van der Waals surface area contributed by atoms with E-state index in [1.54, 1.807) is 0 Å². The summed E-state index contributed by atoms with van der Waals surface area (Å²) in [5.74, 6) is -1.71. The third-order valence-corrected chi connectivity index (χ3v) is 2.12. The molecule has 0 aromatic heterocycles. The van der Waals surface area contributed by atoms with Gasteiger partial charge in [-0.2, -0.15) is 0 Å². The van der Waals surface area contributed by atoms with E-state index in [9.17, 15) is 13.6 Å². The van der Waals surface area contributed by atoms with E-state index in [4.69, 9.17) is 11.6 Å². The lowest BCUT2D eigenvalue weighted by Crippen LogP contribution is -2.19. The summed E-state index contributed by atoms with van der Waals surface area (Å²) < 4.78 is 26.5. The van der Waals surface area contributed by atoms with Gasteiger partial charge in [0.1, 0.15) is 5.82 Å². The SMILES string of the molecule is CC(=O)NCC=Cc1c(F)ccc(Cl)c1F. The largest absolute Gasteiger partial charge is 0.353 e. The molecule has 0 aliphatic rings. The standard InChI is InChI=1S/C11H10ClF2NO/c1-7(16)15-6-2-3-8-10(13)5-4-9(12)11(8)14/h2-5H,6H2,1H3,(H,15,16). The van der Waals surface area contributed by atoms with Gasteiger partial charge in [-0.05, 0) is 12.1 Å². The first kappa shape index (κ1) is 12.6. The van der Waals surface area contributed by atoms with Gasteiger partial charge < -0.3 is 5.32 Å². The van der Waals surface area contributed by atoms with E-state index in [1.165, 1.54) is 19.1 Å². The predicted octanol–water partition coefficient (Wildman–Crippen LogP) is 2.77. The lowest BCUT2D eigenvalue weighted by Gasteiger charge is -2.01. The minimum atomic E-state index is -0.805. The van der Waals surface area contributed by atoms with E-state index in [2.05, 4.69) is 5.32 Å². The summed E-state index contributed by atoms with van der Waals surface area (Å²) in [6.07, 6.45) is 2.69. The number of hydrogen-bond donors (Lipinski definition) is 1. The molecule has 1 amide bonds. The molecule has 0 saturated carbocycles. The van der Waals surface area contributed by atoms with E-state index in [1.807, 2.05) is 0 Å². The summed E-state index contributed by atoms with van der Waals surface area (Å²) in [6, 6.07) is 2.24. The Labute approximate surface area is 96.9 Å². The van der Waals surface area contributed by atoms with Crippen molar-refractivity contribution in [2.24, 2.45) is 0 Å². The van der Waals surface area contributed by atoms with Gasteiger partial charge in [-0.1, -0.05) is 23.8 Å². The first-order valence-electron chi connectivity index (χ1n) is 4.57. The highest BCUT2D eigenvalue weighted by molar-refractivity contribution is 6.30. The van der Waals surface area contributed by atoms with Crippen LogP contribution in [0.2, 0.25) is 5.02 Å². The maximum Gasteiger partial charge on any atom is 0.217 e. The summed E-state index contributed by atoms with van der Waals surface area (Å²) in [5, 5.41) is 2.33. The van der Waals surface area contributed by atoms with Crippen molar-refractivity contribution in [3.05, 3.63) is 40.4 Å². The molecule has 0 fully saturated rings. The highest BCUT2D eigenvalue weighted by Gasteiger charge is 2.09. The molecule has 2 nitrogen and oxygen atoms in total. The number of nitrogens with one attached hydrogen (secondary N) is 1. The molecule has 0 saturated heterocycles. The molecule has 0 aliphatic heterocycles. The van der Waals surface area contributed by atoms with Crippen LogP contribution in [0.5, 0.6) is 0 Å². The fraction of sp³-hybridized carbons (Fsp3) is 0.182. The zero-order chi connectivity index (χ0) is 12.1. The van der Waals surface area contributed by atoms with Crippen LogP contribution in [0.3, 0.4) is 0 Å². The lowest BCUT2D eigenvalue weighted by molar-refractivity contribution is -0.118. The smallest absolute Gasteiger partial charge is 0.217 e. The molecule has 0 unspecified atom stereocenters. The van der Waals surface area contributed by atoms with Gasteiger partial charge in [0.15, 0.2) is 5.82 Å². The molecular weight excluding hydrogens is 236 g/mol. The molecule has 0 aliphatic carbocycles. The number of rotatable bonds is 3. The van der Waals surface area contributed by atoms with Crippen molar-refractivity contribution >= 4 is 23.6 Å². The number of carbonyl (C=O) groups excluding carboxylic acids is 1. The van der Waals surface area contributed by atoms with Crippen molar-refractivity contribution in [3.63, 3.8) is 0 Å². The second-order valence-corrected chi connectivity index (χ2v) is 3.50. The second-order valence-electron chi connectivity index (χ2n) is 3.10. The molecule has 1 N–H and O–H groups in total. The lowest BCUT2D eigenvalue weighted by atomic mass is 10.2. The Balaban J connectivity index is 2.80. The number of hydrogen-bond acceptors (Lipinski definition) is 1. The topological polar surface area (TPSA) is 29.1 Å². The quantitative estimate of drug-likeness (QED) is 0.816. The fourth-order valence-corrected chi connectivity index (χ4v) is 1.24. The maximum atomic E-state index is 13.3. The first-order valence-corrected chi connectivity index (χ1v) is 4.94. The highest BCUT2D eigenvalue weighted by atomic mass is 35.5. The molecule has 86 valence electrons. The predicted molar refractivity (Wildman–Crippen MR) is 59.1 cm³/mol. The summed E-state index contributed by atoms with van der Waals surface area (Å²) in [7, 11) is 0. The average molecular weight is 246 g/mol. The van der Waals surface area contributed by atoms with Crippen molar-refractivity contribution in [1.29, 1.82) is 0 Å². The number of carbonyl (C=O) groups is 1. The van der Waals surface area contributed by atoms with Crippen LogP contribution in [0.15, 0.2) is 18.2 Å². The van der Waals surface area contributed by atoms with Crippen LogP contribution in [0, 0.1) is 11.6 Å². The van der Waals surface area contributed by atoms with Crippen molar-refractivity contribution < 1.29 is 13.6 Å². The third-order valence-electron chi connectivity index (χ3n) is 1.83. The van der Waals surface area contributed by atoms with Crippen molar-refractivity contribution in [2.75, 3.05) is 6.54 Å². The van der Waals surface area contributed by atoms with E-state index < -0.39 is 11.6 Å². The Hall–Kier alpha value is -1.42. The molecule has 0 heterocycles. The summed E-state index contributed by atoms with van der Waals surface area (Å²) in [4.78, 5) is 10.5. The van der Waals surface area contributed by atoms with E-state index in [0.29, 0.717) is 0 Å². The van der Waals surface area contributed by atoms with Gasteiger partial charge in [-0.25, -0.2) is 8.78 Å². The van der Waals surface area contributed by atoms with Crippen molar-refractivity contribution in [3.8, 4) is 0 Å². The summed E-state index contributed by atoms with van der Waals surface area (Å²) in [5.41, 5.74) is -0.210.